The van der Waals surface area contributed by atoms with Gasteiger partial charge in [-0.2, -0.15) is 0 Å². The minimum atomic E-state index is -0.676. The number of nitrogens with one attached hydrogen (secondary N) is 1. The molecule has 4 heteroatoms. The Morgan fingerprint density at radius 1 is 1.45 bits per heavy atom. The Labute approximate surface area is 121 Å². The van der Waals surface area contributed by atoms with E-state index in [2.05, 4.69) is 5.32 Å². The van der Waals surface area contributed by atoms with E-state index in [1.807, 2.05) is 52.0 Å². The van der Waals surface area contributed by atoms with E-state index in [4.69, 9.17) is 10.5 Å². The zero-order valence-electron chi connectivity index (χ0n) is 12.9. The van der Waals surface area contributed by atoms with Crippen LogP contribution in [-0.2, 0) is 4.79 Å². The molecule has 0 fully saturated rings. The molecule has 1 amide bonds. The molecule has 0 aliphatic rings. The van der Waals surface area contributed by atoms with Crippen LogP contribution in [0.2, 0.25) is 0 Å². The zero-order valence-corrected chi connectivity index (χ0v) is 12.9. The number of aryl methyl sites for hydroxylation is 1. The summed E-state index contributed by atoms with van der Waals surface area (Å²) in [5.41, 5.74) is 5.99. The number of primary amides is 1. The predicted molar refractivity (Wildman–Crippen MR) is 81.8 cm³/mol. The van der Waals surface area contributed by atoms with E-state index in [1.165, 1.54) is 5.56 Å². The van der Waals surface area contributed by atoms with Crippen molar-refractivity contribution in [3.8, 4) is 5.75 Å². The molecule has 0 saturated carbocycles. The Morgan fingerprint density at radius 3 is 2.70 bits per heavy atom. The van der Waals surface area contributed by atoms with Crippen LogP contribution in [0.15, 0.2) is 24.3 Å². The lowest BCUT2D eigenvalue weighted by Gasteiger charge is -2.29. The van der Waals surface area contributed by atoms with Gasteiger partial charge >= 0.3 is 0 Å². The molecule has 112 valence electrons. The smallest absolute Gasteiger partial charge is 0.237 e. The van der Waals surface area contributed by atoms with Crippen LogP contribution < -0.4 is 15.8 Å². The fourth-order valence-electron chi connectivity index (χ4n) is 2.22. The highest BCUT2D eigenvalue weighted by Gasteiger charge is 2.30. The molecule has 0 spiro atoms. The van der Waals surface area contributed by atoms with Gasteiger partial charge in [0.15, 0.2) is 0 Å². The van der Waals surface area contributed by atoms with Crippen LogP contribution in [0.3, 0.4) is 0 Å². The zero-order chi connectivity index (χ0) is 15.2. The van der Waals surface area contributed by atoms with Gasteiger partial charge in [0, 0.05) is 6.04 Å². The van der Waals surface area contributed by atoms with Crippen LogP contribution in [-0.4, -0.2) is 24.1 Å². The minimum Gasteiger partial charge on any atom is -0.494 e. The molecule has 1 aromatic carbocycles. The van der Waals surface area contributed by atoms with Gasteiger partial charge in [0.1, 0.15) is 5.75 Å². The quantitative estimate of drug-likeness (QED) is 0.718. The second kappa shape index (κ2) is 7.29. The van der Waals surface area contributed by atoms with Crippen molar-refractivity contribution < 1.29 is 9.53 Å². The first-order valence-electron chi connectivity index (χ1n) is 7.10. The van der Waals surface area contributed by atoms with Crippen molar-refractivity contribution in [2.45, 2.75) is 52.1 Å². The van der Waals surface area contributed by atoms with E-state index in [1.54, 1.807) is 0 Å². The molecule has 0 saturated heterocycles. The molecule has 0 heterocycles. The molecule has 0 bridgehead atoms. The van der Waals surface area contributed by atoms with Crippen molar-refractivity contribution in [1.29, 1.82) is 0 Å². The van der Waals surface area contributed by atoms with E-state index >= 15 is 0 Å². The summed E-state index contributed by atoms with van der Waals surface area (Å²) in [4.78, 5) is 11.6. The van der Waals surface area contributed by atoms with Crippen LogP contribution in [0.1, 0.15) is 39.2 Å². The highest BCUT2D eigenvalue weighted by Crippen LogP contribution is 2.16. The molecule has 0 radical (unpaired) electrons. The molecule has 3 N–H and O–H groups in total. The average Bonchev–Trinajstić information content (AvgIpc) is 2.34. The fraction of sp³-hybridized carbons (Fsp3) is 0.562. The number of carbonyl (C=O) groups excluding carboxylic acids is 1. The topological polar surface area (TPSA) is 64.3 Å². The molecule has 1 atom stereocenters. The molecule has 1 rings (SSSR count). The van der Waals surface area contributed by atoms with Gasteiger partial charge in [0.2, 0.25) is 5.91 Å². The third-order valence-corrected chi connectivity index (χ3v) is 3.23. The Balaban J connectivity index is 2.43. The SMILES string of the molecule is Cc1cccc(OCCCC(C)(NC(C)C)C(N)=O)c1. The number of benzene rings is 1. The summed E-state index contributed by atoms with van der Waals surface area (Å²) >= 11 is 0. The van der Waals surface area contributed by atoms with E-state index in [0.29, 0.717) is 13.0 Å². The summed E-state index contributed by atoms with van der Waals surface area (Å²) < 4.78 is 5.69. The van der Waals surface area contributed by atoms with E-state index in [9.17, 15) is 4.79 Å². The molecule has 0 aromatic heterocycles. The van der Waals surface area contributed by atoms with Crippen LogP contribution in [0.4, 0.5) is 0 Å². The van der Waals surface area contributed by atoms with Gasteiger partial charge in [-0.3, -0.25) is 4.79 Å². The van der Waals surface area contributed by atoms with Crippen molar-refractivity contribution >= 4 is 5.91 Å². The molecular formula is C16H26N2O2. The fourth-order valence-corrected chi connectivity index (χ4v) is 2.22. The highest BCUT2D eigenvalue weighted by molar-refractivity contribution is 5.84. The van der Waals surface area contributed by atoms with E-state index in [0.717, 1.165) is 12.2 Å². The standard InChI is InChI=1S/C16H26N2O2/c1-12(2)18-16(4,15(17)19)9-6-10-20-14-8-5-7-13(3)11-14/h5,7-8,11-12,18H,6,9-10H2,1-4H3,(H2,17,19). The number of hydrogen-bond donors (Lipinski definition) is 2. The number of rotatable bonds is 8. The molecule has 0 aliphatic carbocycles. The third-order valence-electron chi connectivity index (χ3n) is 3.23. The predicted octanol–water partition coefficient (Wildman–Crippen LogP) is 2.40. The maximum atomic E-state index is 11.6. The van der Waals surface area contributed by atoms with Crippen molar-refractivity contribution in [3.63, 3.8) is 0 Å². The summed E-state index contributed by atoms with van der Waals surface area (Å²) in [6.45, 7) is 8.46. The second-order valence-corrected chi connectivity index (χ2v) is 5.76. The summed E-state index contributed by atoms with van der Waals surface area (Å²) in [7, 11) is 0. The van der Waals surface area contributed by atoms with Crippen molar-refractivity contribution in [2.75, 3.05) is 6.61 Å². The minimum absolute atomic E-state index is 0.213. The Bertz CT molecular complexity index is 446. The summed E-state index contributed by atoms with van der Waals surface area (Å²) in [5.74, 6) is 0.546. The van der Waals surface area contributed by atoms with E-state index in [-0.39, 0.29) is 11.9 Å². The van der Waals surface area contributed by atoms with Crippen molar-refractivity contribution in [3.05, 3.63) is 29.8 Å². The Morgan fingerprint density at radius 2 is 2.15 bits per heavy atom. The Kier molecular flexibility index (Phi) is 6.02. The normalized spacial score (nSPS) is 14.1. The molecule has 4 nitrogen and oxygen atoms in total. The van der Waals surface area contributed by atoms with Crippen LogP contribution >= 0.6 is 0 Å². The van der Waals surface area contributed by atoms with Gasteiger partial charge < -0.3 is 15.8 Å². The first kappa shape index (κ1) is 16.5. The summed E-state index contributed by atoms with van der Waals surface area (Å²) in [6, 6.07) is 8.15. The van der Waals surface area contributed by atoms with Crippen LogP contribution in [0, 0.1) is 6.92 Å². The summed E-state index contributed by atoms with van der Waals surface area (Å²) in [5, 5.41) is 3.23. The van der Waals surface area contributed by atoms with Gasteiger partial charge in [-0.05, 0) is 58.2 Å². The number of nitrogens with two attached hydrogens (primary N) is 1. The largest absolute Gasteiger partial charge is 0.494 e. The molecular weight excluding hydrogens is 252 g/mol. The lowest BCUT2D eigenvalue weighted by atomic mass is 9.94. The van der Waals surface area contributed by atoms with Crippen molar-refractivity contribution in [2.24, 2.45) is 5.73 Å². The van der Waals surface area contributed by atoms with Gasteiger partial charge in [-0.1, -0.05) is 12.1 Å². The summed E-state index contributed by atoms with van der Waals surface area (Å²) in [6.07, 6.45) is 1.43. The molecule has 1 aromatic rings. The lowest BCUT2D eigenvalue weighted by Crippen LogP contribution is -2.55. The third kappa shape index (κ3) is 5.21. The molecule has 20 heavy (non-hydrogen) atoms. The number of amides is 1. The monoisotopic (exact) mass is 278 g/mol. The highest BCUT2D eigenvalue weighted by atomic mass is 16.5. The number of ether oxygens (including phenoxy) is 1. The number of hydrogen-bond acceptors (Lipinski definition) is 3. The van der Waals surface area contributed by atoms with E-state index < -0.39 is 5.54 Å². The van der Waals surface area contributed by atoms with Crippen LogP contribution in [0.5, 0.6) is 5.75 Å². The second-order valence-electron chi connectivity index (χ2n) is 5.76. The van der Waals surface area contributed by atoms with Gasteiger partial charge in [0.05, 0.1) is 12.1 Å². The maximum Gasteiger partial charge on any atom is 0.237 e. The Hall–Kier alpha value is -1.55. The first-order chi connectivity index (χ1) is 9.33. The lowest BCUT2D eigenvalue weighted by molar-refractivity contribution is -0.124. The van der Waals surface area contributed by atoms with Gasteiger partial charge in [-0.25, -0.2) is 0 Å². The maximum absolute atomic E-state index is 11.6. The number of carbonyl (C=O) groups is 1. The van der Waals surface area contributed by atoms with Gasteiger partial charge in [-0.15, -0.1) is 0 Å². The first-order valence-corrected chi connectivity index (χ1v) is 7.10. The van der Waals surface area contributed by atoms with Crippen molar-refractivity contribution in [1.82, 2.24) is 5.32 Å². The van der Waals surface area contributed by atoms with Crippen LogP contribution in [0.25, 0.3) is 0 Å². The van der Waals surface area contributed by atoms with Gasteiger partial charge in [0.25, 0.3) is 0 Å². The average molecular weight is 278 g/mol. The molecule has 0 aliphatic heterocycles. The molecule has 1 unspecified atom stereocenters.